The number of methoxy groups -OCH3 is 1. The van der Waals surface area contributed by atoms with Crippen LogP contribution in [0.4, 0.5) is 0 Å². The zero-order valence-electron chi connectivity index (χ0n) is 18.1. The molecule has 2 amide bonds. The van der Waals surface area contributed by atoms with Crippen LogP contribution in [0.15, 0.2) is 25.0 Å². The number of carbonyl (C=O) groups excluding carboxylic acids is 2. The number of H-pyrrole nitrogens is 1. The van der Waals surface area contributed by atoms with Crippen LogP contribution in [-0.2, 0) is 16.0 Å². The van der Waals surface area contributed by atoms with Gasteiger partial charge in [0.2, 0.25) is 5.91 Å². The first-order chi connectivity index (χ1) is 15.1. The number of piperidine rings is 1. The molecule has 2 aromatic heterocycles. The maximum absolute atomic E-state index is 12.7. The van der Waals surface area contributed by atoms with Gasteiger partial charge in [-0.05, 0) is 43.6 Å². The average molecular weight is 426 g/mol. The van der Waals surface area contributed by atoms with Crippen LogP contribution in [0.3, 0.4) is 0 Å². The van der Waals surface area contributed by atoms with E-state index in [1.807, 2.05) is 0 Å². The minimum absolute atomic E-state index is 0.0673. The number of likely N-dealkylation sites (tertiary alicyclic amines) is 1. The summed E-state index contributed by atoms with van der Waals surface area (Å²) >= 11 is 0. The summed E-state index contributed by atoms with van der Waals surface area (Å²) in [6, 6.07) is 0. The molecule has 2 atom stereocenters. The van der Waals surface area contributed by atoms with Gasteiger partial charge in [0.25, 0.3) is 5.91 Å². The lowest BCUT2D eigenvalue weighted by Gasteiger charge is -2.37. The maximum atomic E-state index is 12.7. The zero-order chi connectivity index (χ0) is 21.8. The topological polar surface area (TPSA) is 100 Å². The molecule has 0 bridgehead atoms. The van der Waals surface area contributed by atoms with Gasteiger partial charge in [0.15, 0.2) is 5.65 Å². The second-order valence-electron chi connectivity index (χ2n) is 8.64. The number of carbonyl (C=O) groups is 2. The summed E-state index contributed by atoms with van der Waals surface area (Å²) in [6.45, 7) is 5.50. The Morgan fingerprint density at radius 2 is 2.16 bits per heavy atom. The number of aromatic amines is 1. The fourth-order valence-corrected chi connectivity index (χ4v) is 4.81. The Balaban J connectivity index is 1.45. The number of amides is 2. The molecule has 31 heavy (non-hydrogen) atoms. The summed E-state index contributed by atoms with van der Waals surface area (Å²) in [5.74, 6) is 0.641. The van der Waals surface area contributed by atoms with E-state index in [1.165, 1.54) is 31.8 Å². The predicted octanol–water partition coefficient (Wildman–Crippen LogP) is 2.47. The molecule has 8 nitrogen and oxygen atoms in total. The Morgan fingerprint density at radius 1 is 1.35 bits per heavy atom. The summed E-state index contributed by atoms with van der Waals surface area (Å²) < 4.78 is 5.67. The molecule has 166 valence electrons. The van der Waals surface area contributed by atoms with E-state index in [-0.39, 0.29) is 23.8 Å². The first-order valence-electron chi connectivity index (χ1n) is 11.1. The lowest BCUT2D eigenvalue weighted by molar-refractivity contribution is -0.131. The van der Waals surface area contributed by atoms with Crippen molar-refractivity contribution in [1.29, 1.82) is 0 Å². The third kappa shape index (κ3) is 4.79. The van der Waals surface area contributed by atoms with E-state index < -0.39 is 0 Å². The van der Waals surface area contributed by atoms with Crippen molar-refractivity contribution < 1.29 is 14.3 Å². The number of nitrogens with zero attached hydrogens (tertiary/aromatic N) is 3. The molecule has 2 N–H and O–H groups in total. The van der Waals surface area contributed by atoms with Crippen LogP contribution in [-0.4, -0.2) is 64.5 Å². The van der Waals surface area contributed by atoms with Crippen molar-refractivity contribution in [3.8, 4) is 0 Å². The summed E-state index contributed by atoms with van der Waals surface area (Å²) in [4.78, 5) is 38.7. The SMILES string of the molecule is C=CC(=O)N1CC[C@H](Cc2cnc3[nH]cc(C(=O)NCC4CCCC4)c3n2)[C@H](OC)C1. The second-order valence-corrected chi connectivity index (χ2v) is 8.64. The minimum Gasteiger partial charge on any atom is -0.379 e. The Bertz CT molecular complexity index is 950. The maximum Gasteiger partial charge on any atom is 0.255 e. The van der Waals surface area contributed by atoms with Gasteiger partial charge < -0.3 is 19.9 Å². The van der Waals surface area contributed by atoms with Crippen molar-refractivity contribution in [3.63, 3.8) is 0 Å². The van der Waals surface area contributed by atoms with Gasteiger partial charge in [0, 0.05) is 32.9 Å². The molecule has 2 aliphatic rings. The van der Waals surface area contributed by atoms with Gasteiger partial charge >= 0.3 is 0 Å². The third-order valence-corrected chi connectivity index (χ3v) is 6.66. The molecule has 1 aliphatic heterocycles. The van der Waals surface area contributed by atoms with Crippen LogP contribution in [0.2, 0.25) is 0 Å². The third-order valence-electron chi connectivity index (χ3n) is 6.66. The van der Waals surface area contributed by atoms with Gasteiger partial charge in [-0.1, -0.05) is 19.4 Å². The molecule has 1 saturated heterocycles. The van der Waals surface area contributed by atoms with Gasteiger partial charge in [0.1, 0.15) is 5.52 Å². The number of fused-ring (bicyclic) bond motifs is 1. The first kappa shape index (κ1) is 21.5. The lowest BCUT2D eigenvalue weighted by atomic mass is 9.89. The smallest absolute Gasteiger partial charge is 0.255 e. The van der Waals surface area contributed by atoms with Crippen molar-refractivity contribution >= 4 is 23.0 Å². The fourth-order valence-electron chi connectivity index (χ4n) is 4.81. The fraction of sp³-hybridized carbons (Fsp3) is 0.565. The molecule has 0 aromatic carbocycles. The molecule has 8 heteroatoms. The van der Waals surface area contributed by atoms with Gasteiger partial charge in [-0.2, -0.15) is 0 Å². The van der Waals surface area contributed by atoms with Crippen molar-refractivity contribution in [2.24, 2.45) is 11.8 Å². The molecule has 2 fully saturated rings. The standard InChI is InChI=1S/C23H31N5O3/c1-3-20(29)28-9-8-16(19(14-28)31-2)10-17-12-24-22-21(27-17)18(13-25-22)23(30)26-11-15-6-4-5-7-15/h3,12-13,15-16,19H,1,4-11,14H2,2H3,(H,24,25)(H,26,30)/t16-,19-/m1/s1. The Hall–Kier alpha value is -2.74. The van der Waals surface area contributed by atoms with E-state index in [1.54, 1.807) is 24.4 Å². The highest BCUT2D eigenvalue weighted by atomic mass is 16.5. The molecule has 1 aliphatic carbocycles. The monoisotopic (exact) mass is 425 g/mol. The van der Waals surface area contributed by atoms with Crippen molar-refractivity contribution in [3.05, 3.63) is 36.3 Å². The Kier molecular flexibility index (Phi) is 6.65. The van der Waals surface area contributed by atoms with Crippen LogP contribution in [0.5, 0.6) is 0 Å². The zero-order valence-corrected chi connectivity index (χ0v) is 18.1. The molecule has 4 rings (SSSR count). The second kappa shape index (κ2) is 9.60. The predicted molar refractivity (Wildman–Crippen MR) is 118 cm³/mol. The molecular weight excluding hydrogens is 394 g/mol. The van der Waals surface area contributed by atoms with E-state index >= 15 is 0 Å². The van der Waals surface area contributed by atoms with Crippen LogP contribution >= 0.6 is 0 Å². The number of nitrogens with one attached hydrogen (secondary N) is 2. The number of ether oxygens (including phenoxy) is 1. The number of rotatable bonds is 7. The molecule has 0 radical (unpaired) electrons. The number of hydrogen-bond donors (Lipinski definition) is 2. The van der Waals surface area contributed by atoms with Gasteiger partial charge in [0.05, 0.1) is 23.6 Å². The van der Waals surface area contributed by atoms with Crippen LogP contribution in [0.25, 0.3) is 11.2 Å². The average Bonchev–Trinajstić information content (AvgIpc) is 3.47. The number of hydrogen-bond acceptors (Lipinski definition) is 5. The Morgan fingerprint density at radius 3 is 2.90 bits per heavy atom. The van der Waals surface area contributed by atoms with Crippen LogP contribution in [0.1, 0.15) is 48.2 Å². The largest absolute Gasteiger partial charge is 0.379 e. The summed E-state index contributed by atoms with van der Waals surface area (Å²) in [6.07, 6.45) is 11.1. The van der Waals surface area contributed by atoms with E-state index in [0.717, 1.165) is 18.7 Å². The molecule has 1 saturated carbocycles. The summed E-state index contributed by atoms with van der Waals surface area (Å²) in [5.41, 5.74) is 2.59. The van der Waals surface area contributed by atoms with E-state index in [2.05, 4.69) is 21.9 Å². The first-order valence-corrected chi connectivity index (χ1v) is 11.1. The van der Waals surface area contributed by atoms with Gasteiger partial charge in [-0.25, -0.2) is 9.97 Å². The van der Waals surface area contributed by atoms with Crippen molar-refractivity contribution in [1.82, 2.24) is 25.2 Å². The van der Waals surface area contributed by atoms with E-state index in [4.69, 9.17) is 9.72 Å². The quantitative estimate of drug-likeness (QED) is 0.664. The highest BCUT2D eigenvalue weighted by Crippen LogP contribution is 2.26. The highest BCUT2D eigenvalue weighted by Gasteiger charge is 2.31. The highest BCUT2D eigenvalue weighted by molar-refractivity contribution is 6.04. The van der Waals surface area contributed by atoms with Gasteiger partial charge in [-0.15, -0.1) is 0 Å². The molecule has 0 unspecified atom stereocenters. The molecule has 3 heterocycles. The molecule has 2 aromatic rings. The molecule has 0 spiro atoms. The summed E-state index contributed by atoms with van der Waals surface area (Å²) in [5, 5.41) is 3.06. The van der Waals surface area contributed by atoms with Gasteiger partial charge in [-0.3, -0.25) is 9.59 Å². The molecular formula is C23H31N5O3. The van der Waals surface area contributed by atoms with Crippen molar-refractivity contribution in [2.45, 2.75) is 44.6 Å². The number of aromatic nitrogens is 3. The lowest BCUT2D eigenvalue weighted by Crippen LogP contribution is -2.47. The Labute approximate surface area is 182 Å². The van der Waals surface area contributed by atoms with E-state index in [0.29, 0.717) is 42.2 Å². The normalized spacial score (nSPS) is 22.0. The summed E-state index contributed by atoms with van der Waals surface area (Å²) in [7, 11) is 1.67. The minimum atomic E-state index is -0.101. The van der Waals surface area contributed by atoms with Crippen LogP contribution < -0.4 is 5.32 Å². The van der Waals surface area contributed by atoms with Crippen LogP contribution in [0, 0.1) is 11.8 Å². The van der Waals surface area contributed by atoms with E-state index in [9.17, 15) is 9.59 Å². The van der Waals surface area contributed by atoms with Crippen molar-refractivity contribution in [2.75, 3.05) is 26.7 Å².